The van der Waals surface area contributed by atoms with Crippen molar-refractivity contribution in [2.24, 2.45) is 17.3 Å². The van der Waals surface area contributed by atoms with Gasteiger partial charge in [0.25, 0.3) is 5.91 Å². The maximum absolute atomic E-state index is 12.5. The predicted octanol–water partition coefficient (Wildman–Crippen LogP) is 2.70. The number of amides is 1. The standard InChI is InChI=1S/C19H30N4O/c1-19(2,3)14-22-9-5-17(13-22)15-6-10-23(11-7-15)18(24)16-4-8-20-21-12-16/h4,8,12,15,17H,5-7,9-11,13-14H2,1-3H3. The van der Waals surface area contributed by atoms with E-state index in [0.717, 1.165) is 37.8 Å². The molecule has 2 aliphatic rings. The number of carbonyl (C=O) groups is 1. The van der Waals surface area contributed by atoms with Crippen molar-refractivity contribution in [2.75, 3.05) is 32.7 Å². The minimum Gasteiger partial charge on any atom is -0.339 e. The van der Waals surface area contributed by atoms with E-state index in [1.165, 1.54) is 26.1 Å². The van der Waals surface area contributed by atoms with Gasteiger partial charge in [-0.25, -0.2) is 0 Å². The van der Waals surface area contributed by atoms with Crippen molar-refractivity contribution in [1.29, 1.82) is 0 Å². The molecule has 2 saturated heterocycles. The normalized spacial score (nSPS) is 23.6. The van der Waals surface area contributed by atoms with Crippen LogP contribution in [0.4, 0.5) is 0 Å². The Labute approximate surface area is 145 Å². The topological polar surface area (TPSA) is 49.3 Å². The van der Waals surface area contributed by atoms with Gasteiger partial charge < -0.3 is 9.80 Å². The average molecular weight is 330 g/mol. The summed E-state index contributed by atoms with van der Waals surface area (Å²) in [5.41, 5.74) is 1.03. The largest absolute Gasteiger partial charge is 0.339 e. The van der Waals surface area contributed by atoms with Crippen LogP contribution < -0.4 is 0 Å². The molecule has 24 heavy (non-hydrogen) atoms. The molecule has 0 N–H and O–H groups in total. The zero-order valence-electron chi connectivity index (χ0n) is 15.2. The third-order valence-corrected chi connectivity index (χ3v) is 5.33. The fourth-order valence-corrected chi connectivity index (χ4v) is 4.24. The van der Waals surface area contributed by atoms with Gasteiger partial charge in [0.1, 0.15) is 0 Å². The second kappa shape index (κ2) is 7.18. The summed E-state index contributed by atoms with van der Waals surface area (Å²) in [6.07, 6.45) is 6.75. The van der Waals surface area contributed by atoms with Gasteiger partial charge in [0.2, 0.25) is 0 Å². The molecule has 3 heterocycles. The first-order chi connectivity index (χ1) is 11.4. The van der Waals surface area contributed by atoms with Gasteiger partial charge in [-0.1, -0.05) is 20.8 Å². The fourth-order valence-electron chi connectivity index (χ4n) is 4.24. The molecule has 0 spiro atoms. The summed E-state index contributed by atoms with van der Waals surface area (Å²) in [4.78, 5) is 17.1. The van der Waals surface area contributed by atoms with E-state index in [4.69, 9.17) is 0 Å². The highest BCUT2D eigenvalue weighted by molar-refractivity contribution is 5.93. The molecule has 2 fully saturated rings. The van der Waals surface area contributed by atoms with Gasteiger partial charge in [-0.3, -0.25) is 4.79 Å². The van der Waals surface area contributed by atoms with Crippen LogP contribution in [0.3, 0.4) is 0 Å². The van der Waals surface area contributed by atoms with E-state index in [2.05, 4.69) is 35.9 Å². The molecule has 5 heteroatoms. The van der Waals surface area contributed by atoms with Crippen LogP contribution in [-0.4, -0.2) is 58.6 Å². The van der Waals surface area contributed by atoms with Crippen LogP contribution in [-0.2, 0) is 0 Å². The highest BCUT2D eigenvalue weighted by Gasteiger charge is 2.34. The Morgan fingerprint density at radius 1 is 1.12 bits per heavy atom. The Bertz CT molecular complexity index is 546. The van der Waals surface area contributed by atoms with Crippen molar-refractivity contribution < 1.29 is 4.79 Å². The summed E-state index contributed by atoms with van der Waals surface area (Å²) >= 11 is 0. The molecule has 132 valence electrons. The molecular weight excluding hydrogens is 300 g/mol. The Balaban J connectivity index is 1.48. The van der Waals surface area contributed by atoms with E-state index in [-0.39, 0.29) is 5.91 Å². The maximum atomic E-state index is 12.5. The van der Waals surface area contributed by atoms with Gasteiger partial charge in [0.05, 0.1) is 18.0 Å². The van der Waals surface area contributed by atoms with E-state index in [1.54, 1.807) is 18.5 Å². The van der Waals surface area contributed by atoms with Crippen LogP contribution in [0.25, 0.3) is 0 Å². The number of carbonyl (C=O) groups excluding carboxylic acids is 1. The van der Waals surface area contributed by atoms with Crippen molar-refractivity contribution in [3.8, 4) is 0 Å². The lowest BCUT2D eigenvalue weighted by atomic mass is 9.83. The Hall–Kier alpha value is -1.49. The van der Waals surface area contributed by atoms with Crippen LogP contribution in [0.5, 0.6) is 0 Å². The van der Waals surface area contributed by atoms with Gasteiger partial charge >= 0.3 is 0 Å². The zero-order valence-corrected chi connectivity index (χ0v) is 15.2. The predicted molar refractivity (Wildman–Crippen MR) is 94.7 cm³/mol. The third-order valence-electron chi connectivity index (χ3n) is 5.33. The van der Waals surface area contributed by atoms with Crippen LogP contribution in [0.2, 0.25) is 0 Å². The first-order valence-corrected chi connectivity index (χ1v) is 9.21. The smallest absolute Gasteiger partial charge is 0.255 e. The van der Waals surface area contributed by atoms with E-state index < -0.39 is 0 Å². The van der Waals surface area contributed by atoms with Crippen LogP contribution >= 0.6 is 0 Å². The molecule has 1 unspecified atom stereocenters. The summed E-state index contributed by atoms with van der Waals surface area (Å²) in [6.45, 7) is 12.4. The number of hydrogen-bond donors (Lipinski definition) is 0. The van der Waals surface area contributed by atoms with E-state index in [1.807, 2.05) is 4.90 Å². The number of aromatic nitrogens is 2. The minimum absolute atomic E-state index is 0.101. The van der Waals surface area contributed by atoms with Crippen molar-refractivity contribution in [3.05, 3.63) is 24.0 Å². The second-order valence-corrected chi connectivity index (χ2v) is 8.61. The van der Waals surface area contributed by atoms with Crippen molar-refractivity contribution in [2.45, 2.75) is 40.0 Å². The summed E-state index contributed by atoms with van der Waals surface area (Å²) in [6, 6.07) is 1.75. The van der Waals surface area contributed by atoms with E-state index >= 15 is 0 Å². The summed E-state index contributed by atoms with van der Waals surface area (Å²) in [7, 11) is 0. The van der Waals surface area contributed by atoms with Gasteiger partial charge in [-0.15, -0.1) is 0 Å². The quantitative estimate of drug-likeness (QED) is 0.855. The van der Waals surface area contributed by atoms with E-state index in [0.29, 0.717) is 11.0 Å². The minimum atomic E-state index is 0.101. The van der Waals surface area contributed by atoms with Crippen molar-refractivity contribution in [3.63, 3.8) is 0 Å². The fraction of sp³-hybridized carbons (Fsp3) is 0.737. The lowest BCUT2D eigenvalue weighted by Gasteiger charge is -2.35. The average Bonchev–Trinajstić information content (AvgIpc) is 3.01. The lowest BCUT2D eigenvalue weighted by Crippen LogP contribution is -2.40. The molecule has 0 radical (unpaired) electrons. The summed E-state index contributed by atoms with van der Waals surface area (Å²) in [5.74, 6) is 1.69. The Morgan fingerprint density at radius 2 is 1.83 bits per heavy atom. The van der Waals surface area contributed by atoms with Gasteiger partial charge in [-0.2, -0.15) is 10.2 Å². The summed E-state index contributed by atoms with van der Waals surface area (Å²) in [5, 5.41) is 7.56. The Kier molecular flexibility index (Phi) is 5.18. The van der Waals surface area contributed by atoms with Gasteiger partial charge in [-0.05, 0) is 49.1 Å². The second-order valence-electron chi connectivity index (χ2n) is 8.61. The van der Waals surface area contributed by atoms with Crippen molar-refractivity contribution in [1.82, 2.24) is 20.0 Å². The molecule has 0 aromatic carbocycles. The molecule has 1 atom stereocenters. The number of hydrogen-bond acceptors (Lipinski definition) is 4. The number of likely N-dealkylation sites (tertiary alicyclic amines) is 2. The molecule has 5 nitrogen and oxygen atoms in total. The first-order valence-electron chi connectivity index (χ1n) is 9.21. The van der Waals surface area contributed by atoms with Crippen LogP contribution in [0.1, 0.15) is 50.4 Å². The van der Waals surface area contributed by atoms with Crippen molar-refractivity contribution >= 4 is 5.91 Å². The maximum Gasteiger partial charge on any atom is 0.255 e. The molecule has 1 amide bonds. The number of piperidine rings is 1. The summed E-state index contributed by atoms with van der Waals surface area (Å²) < 4.78 is 0. The first kappa shape index (κ1) is 17.3. The molecule has 1 aromatic heterocycles. The zero-order chi connectivity index (χ0) is 17.2. The Morgan fingerprint density at radius 3 is 2.46 bits per heavy atom. The molecule has 2 aliphatic heterocycles. The van der Waals surface area contributed by atoms with Gasteiger partial charge in [0, 0.05) is 26.2 Å². The number of rotatable bonds is 3. The monoisotopic (exact) mass is 330 g/mol. The highest BCUT2D eigenvalue weighted by Crippen LogP contribution is 2.33. The van der Waals surface area contributed by atoms with Crippen LogP contribution in [0, 0.1) is 17.3 Å². The molecule has 0 aliphatic carbocycles. The van der Waals surface area contributed by atoms with E-state index in [9.17, 15) is 4.79 Å². The molecule has 1 aromatic rings. The molecule has 0 saturated carbocycles. The molecular formula is C19H30N4O. The van der Waals surface area contributed by atoms with Gasteiger partial charge in [0.15, 0.2) is 0 Å². The number of nitrogens with zero attached hydrogens (tertiary/aromatic N) is 4. The highest BCUT2D eigenvalue weighted by atomic mass is 16.2. The molecule has 0 bridgehead atoms. The molecule has 3 rings (SSSR count). The SMILES string of the molecule is CC(C)(C)CN1CCC(C2CCN(C(=O)c3ccnnc3)CC2)C1. The van der Waals surface area contributed by atoms with Crippen LogP contribution in [0.15, 0.2) is 18.5 Å². The lowest BCUT2D eigenvalue weighted by molar-refractivity contribution is 0.0656. The third kappa shape index (κ3) is 4.32.